The van der Waals surface area contributed by atoms with Crippen LogP contribution in [-0.4, -0.2) is 35.3 Å². The number of amides is 6. The third kappa shape index (κ3) is 4.88. The summed E-state index contributed by atoms with van der Waals surface area (Å²) < 4.78 is 0. The molecule has 2 aliphatic rings. The summed E-state index contributed by atoms with van der Waals surface area (Å²) >= 11 is 0. The molecule has 0 aromatic heterocycles. The normalized spacial score (nSPS) is 17.9. The molecule has 3 aromatic rings. The summed E-state index contributed by atoms with van der Waals surface area (Å²) in [5.41, 5.74) is 3.77. The Hall–Kier alpha value is -4.66. The molecule has 1 spiro atoms. The first kappa shape index (κ1) is 24.1. The van der Waals surface area contributed by atoms with E-state index in [9.17, 15) is 19.2 Å². The van der Waals surface area contributed by atoms with Gasteiger partial charge in [0.1, 0.15) is 12.1 Å². The fourth-order valence-corrected chi connectivity index (χ4v) is 4.91. The van der Waals surface area contributed by atoms with Gasteiger partial charge in [-0.3, -0.25) is 14.5 Å². The summed E-state index contributed by atoms with van der Waals surface area (Å²) in [6.07, 6.45) is 1.17. The van der Waals surface area contributed by atoms with Crippen LogP contribution >= 0.6 is 0 Å². The van der Waals surface area contributed by atoms with E-state index in [0.29, 0.717) is 24.2 Å². The standard InChI is InChI=1S/C28H27N5O4/c1-18-6-4-9-21(14-18)30-26(36)31-22-10-5-7-19(15-22)16-29-24(34)17-33-25(35)28(32-27(33)37)13-12-20-8-2-3-11-23(20)28/h2-11,14-15H,12-13,16-17H2,1H3,(H,29,34)(H,32,37)(H2,30,31,36). The number of benzene rings is 3. The maximum atomic E-state index is 13.2. The largest absolute Gasteiger partial charge is 0.350 e. The second-order valence-electron chi connectivity index (χ2n) is 9.31. The van der Waals surface area contributed by atoms with Crippen LogP contribution in [0, 0.1) is 6.92 Å². The van der Waals surface area contributed by atoms with E-state index in [1.807, 2.05) is 55.5 Å². The highest BCUT2D eigenvalue weighted by molar-refractivity contribution is 6.10. The molecule has 5 rings (SSSR count). The first-order chi connectivity index (χ1) is 17.8. The number of nitrogens with zero attached hydrogens (tertiary/aromatic N) is 1. The lowest BCUT2D eigenvalue weighted by Crippen LogP contribution is -2.43. The van der Waals surface area contributed by atoms with Crippen LogP contribution in [0.4, 0.5) is 21.0 Å². The van der Waals surface area contributed by atoms with Crippen molar-refractivity contribution in [1.82, 2.24) is 15.5 Å². The fraction of sp³-hybridized carbons (Fsp3) is 0.214. The van der Waals surface area contributed by atoms with E-state index in [0.717, 1.165) is 27.2 Å². The number of hydrogen-bond acceptors (Lipinski definition) is 4. The Morgan fingerprint density at radius 3 is 2.46 bits per heavy atom. The molecule has 1 aliphatic carbocycles. The molecule has 3 aromatic carbocycles. The fourth-order valence-electron chi connectivity index (χ4n) is 4.91. The predicted molar refractivity (Wildman–Crippen MR) is 139 cm³/mol. The van der Waals surface area contributed by atoms with Crippen molar-refractivity contribution in [3.8, 4) is 0 Å². The summed E-state index contributed by atoms with van der Waals surface area (Å²) in [5.74, 6) is -0.856. The summed E-state index contributed by atoms with van der Waals surface area (Å²) in [5, 5.41) is 11.1. The Morgan fingerprint density at radius 2 is 1.68 bits per heavy atom. The minimum atomic E-state index is -1.09. The van der Waals surface area contributed by atoms with Gasteiger partial charge in [0.25, 0.3) is 5.91 Å². The first-order valence-corrected chi connectivity index (χ1v) is 12.1. The topological polar surface area (TPSA) is 120 Å². The van der Waals surface area contributed by atoms with Crippen molar-refractivity contribution < 1.29 is 19.2 Å². The highest BCUT2D eigenvalue weighted by atomic mass is 16.2. The number of urea groups is 2. The van der Waals surface area contributed by atoms with Crippen molar-refractivity contribution in [2.45, 2.75) is 31.8 Å². The maximum Gasteiger partial charge on any atom is 0.325 e. The van der Waals surface area contributed by atoms with Crippen LogP contribution in [0.15, 0.2) is 72.8 Å². The zero-order valence-corrected chi connectivity index (χ0v) is 20.3. The van der Waals surface area contributed by atoms with Gasteiger partial charge in [0, 0.05) is 17.9 Å². The first-order valence-electron chi connectivity index (χ1n) is 12.1. The summed E-state index contributed by atoms with van der Waals surface area (Å²) in [7, 11) is 0. The number of rotatable bonds is 6. The minimum Gasteiger partial charge on any atom is -0.350 e. The zero-order valence-electron chi connectivity index (χ0n) is 20.3. The van der Waals surface area contributed by atoms with Crippen LogP contribution in [0.3, 0.4) is 0 Å². The van der Waals surface area contributed by atoms with E-state index in [1.165, 1.54) is 0 Å². The molecule has 1 unspecified atom stereocenters. The number of carbonyl (C=O) groups is 4. The Balaban J connectivity index is 1.16. The van der Waals surface area contributed by atoms with Crippen LogP contribution in [0.25, 0.3) is 0 Å². The molecule has 1 heterocycles. The number of hydrogen-bond donors (Lipinski definition) is 4. The van der Waals surface area contributed by atoms with Gasteiger partial charge in [-0.05, 0) is 66.3 Å². The lowest BCUT2D eigenvalue weighted by molar-refractivity contribution is -0.135. The molecule has 9 nitrogen and oxygen atoms in total. The maximum absolute atomic E-state index is 13.2. The average Bonchev–Trinajstić information content (AvgIpc) is 3.36. The molecule has 6 amide bonds. The summed E-state index contributed by atoms with van der Waals surface area (Å²) in [6.45, 7) is 1.75. The Morgan fingerprint density at radius 1 is 0.946 bits per heavy atom. The molecule has 37 heavy (non-hydrogen) atoms. The number of aryl methyl sites for hydroxylation is 2. The van der Waals surface area contributed by atoms with Gasteiger partial charge in [0.05, 0.1) is 0 Å². The van der Waals surface area contributed by atoms with Gasteiger partial charge in [-0.15, -0.1) is 0 Å². The van der Waals surface area contributed by atoms with Crippen molar-refractivity contribution in [2.24, 2.45) is 0 Å². The number of imide groups is 1. The van der Waals surface area contributed by atoms with Crippen molar-refractivity contribution in [1.29, 1.82) is 0 Å². The monoisotopic (exact) mass is 497 g/mol. The zero-order chi connectivity index (χ0) is 26.0. The minimum absolute atomic E-state index is 0.172. The lowest BCUT2D eigenvalue weighted by atomic mass is 9.92. The van der Waals surface area contributed by atoms with E-state index in [2.05, 4.69) is 21.3 Å². The van der Waals surface area contributed by atoms with Gasteiger partial charge in [0.15, 0.2) is 0 Å². The van der Waals surface area contributed by atoms with Gasteiger partial charge in [-0.1, -0.05) is 48.5 Å². The number of nitrogens with one attached hydrogen (secondary N) is 4. The molecule has 4 N–H and O–H groups in total. The molecule has 1 atom stereocenters. The van der Waals surface area contributed by atoms with Crippen molar-refractivity contribution in [3.05, 3.63) is 95.1 Å². The van der Waals surface area contributed by atoms with Crippen LogP contribution in [0.2, 0.25) is 0 Å². The van der Waals surface area contributed by atoms with Crippen LogP contribution < -0.4 is 21.3 Å². The molecular formula is C28H27N5O4. The van der Waals surface area contributed by atoms with E-state index < -0.39 is 23.4 Å². The number of anilines is 2. The Bertz CT molecular complexity index is 1400. The van der Waals surface area contributed by atoms with Crippen LogP contribution in [-0.2, 0) is 28.1 Å². The highest BCUT2D eigenvalue weighted by Gasteiger charge is 2.55. The Kier molecular flexibility index (Phi) is 6.35. The number of fused-ring (bicyclic) bond motifs is 2. The van der Waals surface area contributed by atoms with Crippen molar-refractivity contribution >= 4 is 35.3 Å². The van der Waals surface area contributed by atoms with Gasteiger partial charge < -0.3 is 21.3 Å². The third-order valence-corrected chi connectivity index (χ3v) is 6.67. The molecule has 0 saturated carbocycles. The molecule has 9 heteroatoms. The molecular weight excluding hydrogens is 470 g/mol. The molecule has 1 aliphatic heterocycles. The number of carbonyl (C=O) groups excluding carboxylic acids is 4. The lowest BCUT2D eigenvalue weighted by Gasteiger charge is -2.22. The molecule has 1 fully saturated rings. The average molecular weight is 498 g/mol. The van der Waals surface area contributed by atoms with E-state index in [1.54, 1.807) is 24.3 Å². The van der Waals surface area contributed by atoms with E-state index in [-0.39, 0.29) is 19.1 Å². The second-order valence-corrected chi connectivity index (χ2v) is 9.31. The molecule has 0 radical (unpaired) electrons. The summed E-state index contributed by atoms with van der Waals surface area (Å²) in [6, 6.07) is 21.1. The predicted octanol–water partition coefficient (Wildman–Crippen LogP) is 3.65. The van der Waals surface area contributed by atoms with Crippen LogP contribution in [0.5, 0.6) is 0 Å². The van der Waals surface area contributed by atoms with Crippen LogP contribution in [0.1, 0.15) is 28.7 Å². The van der Waals surface area contributed by atoms with Crippen molar-refractivity contribution in [3.63, 3.8) is 0 Å². The van der Waals surface area contributed by atoms with E-state index >= 15 is 0 Å². The van der Waals surface area contributed by atoms with Gasteiger partial charge in [-0.2, -0.15) is 0 Å². The molecule has 188 valence electrons. The quantitative estimate of drug-likeness (QED) is 0.389. The summed E-state index contributed by atoms with van der Waals surface area (Å²) in [4.78, 5) is 51.8. The van der Waals surface area contributed by atoms with E-state index in [4.69, 9.17) is 0 Å². The van der Waals surface area contributed by atoms with Gasteiger partial charge in [0.2, 0.25) is 5.91 Å². The third-order valence-electron chi connectivity index (χ3n) is 6.67. The van der Waals surface area contributed by atoms with Crippen molar-refractivity contribution in [2.75, 3.05) is 17.2 Å². The van der Waals surface area contributed by atoms with Gasteiger partial charge in [-0.25, -0.2) is 9.59 Å². The SMILES string of the molecule is Cc1cccc(NC(=O)Nc2cccc(CNC(=O)CN3C(=O)NC4(CCc5ccccc54)C3=O)c2)c1. The smallest absolute Gasteiger partial charge is 0.325 e. The second kappa shape index (κ2) is 9.77. The molecule has 1 saturated heterocycles. The highest BCUT2D eigenvalue weighted by Crippen LogP contribution is 2.41. The van der Waals surface area contributed by atoms with Gasteiger partial charge >= 0.3 is 12.1 Å². The Labute approximate surface area is 214 Å². The molecule has 0 bridgehead atoms.